The molecule has 0 saturated carbocycles. The highest BCUT2D eigenvalue weighted by molar-refractivity contribution is 5.45. The number of aliphatic hydroxyl groups is 1. The van der Waals surface area contributed by atoms with Crippen LogP contribution >= 0.6 is 0 Å². The zero-order valence-electron chi connectivity index (χ0n) is 7.42. The largest absolute Gasteiger partial charge is 0.391 e. The van der Waals surface area contributed by atoms with E-state index in [9.17, 15) is 9.90 Å². The first-order valence-corrected chi connectivity index (χ1v) is 3.81. The summed E-state index contributed by atoms with van der Waals surface area (Å²) in [6.45, 7) is 6.51. The number of hydrogen-bond donors (Lipinski definition) is 2. The van der Waals surface area contributed by atoms with Gasteiger partial charge >= 0.3 is 0 Å². The van der Waals surface area contributed by atoms with E-state index in [1.165, 1.54) is 0 Å². The van der Waals surface area contributed by atoms with Crippen LogP contribution in [0, 0.1) is 5.41 Å². The van der Waals surface area contributed by atoms with Crippen molar-refractivity contribution in [1.82, 2.24) is 5.32 Å². The summed E-state index contributed by atoms with van der Waals surface area (Å²) in [7, 11) is 0. The zero-order chi connectivity index (χ0) is 8.91. The van der Waals surface area contributed by atoms with Crippen molar-refractivity contribution in [3.8, 4) is 0 Å². The number of hydrogen-bond acceptors (Lipinski definition) is 2. The SMILES string of the molecule is CC(C)(C)CC(O)CNC=O. The van der Waals surface area contributed by atoms with Gasteiger partial charge in [-0.05, 0) is 11.8 Å². The van der Waals surface area contributed by atoms with Gasteiger partial charge in [-0.2, -0.15) is 0 Å². The Labute approximate surface area is 67.8 Å². The highest BCUT2D eigenvalue weighted by atomic mass is 16.3. The molecule has 0 aliphatic rings. The lowest BCUT2D eigenvalue weighted by atomic mass is 9.89. The number of carbonyl (C=O) groups is 1. The molecule has 0 radical (unpaired) electrons. The van der Waals surface area contributed by atoms with Crippen molar-refractivity contribution in [2.45, 2.75) is 33.3 Å². The van der Waals surface area contributed by atoms with E-state index >= 15 is 0 Å². The molecular formula is C8H17NO2. The first kappa shape index (κ1) is 10.4. The second-order valence-corrected chi connectivity index (χ2v) is 3.94. The van der Waals surface area contributed by atoms with Crippen molar-refractivity contribution < 1.29 is 9.90 Å². The molecule has 1 amide bonds. The van der Waals surface area contributed by atoms with Crippen LogP contribution in [-0.2, 0) is 4.79 Å². The summed E-state index contributed by atoms with van der Waals surface area (Å²) in [6.07, 6.45) is 0.875. The topological polar surface area (TPSA) is 49.3 Å². The predicted octanol–water partition coefficient (Wildman–Crippen LogP) is 0.529. The van der Waals surface area contributed by atoms with E-state index in [2.05, 4.69) is 26.1 Å². The Morgan fingerprint density at radius 3 is 2.45 bits per heavy atom. The monoisotopic (exact) mass is 159 g/mol. The average Bonchev–Trinajstić information content (AvgIpc) is 1.79. The summed E-state index contributed by atoms with van der Waals surface area (Å²) >= 11 is 0. The third-order valence-electron chi connectivity index (χ3n) is 1.28. The molecule has 3 nitrogen and oxygen atoms in total. The second kappa shape index (κ2) is 4.34. The molecule has 0 spiro atoms. The number of aliphatic hydroxyl groups excluding tert-OH is 1. The Bertz CT molecular complexity index is 118. The average molecular weight is 159 g/mol. The summed E-state index contributed by atoms with van der Waals surface area (Å²) in [6, 6.07) is 0. The molecule has 0 fully saturated rings. The van der Waals surface area contributed by atoms with Gasteiger partial charge in [0.15, 0.2) is 0 Å². The fourth-order valence-electron chi connectivity index (χ4n) is 0.963. The molecule has 66 valence electrons. The Morgan fingerprint density at radius 1 is 1.55 bits per heavy atom. The molecule has 0 aliphatic carbocycles. The van der Waals surface area contributed by atoms with Crippen LogP contribution in [0.1, 0.15) is 27.2 Å². The second-order valence-electron chi connectivity index (χ2n) is 3.94. The molecular weight excluding hydrogens is 142 g/mol. The Kier molecular flexibility index (Phi) is 4.11. The molecule has 0 aromatic heterocycles. The number of carbonyl (C=O) groups excluding carboxylic acids is 1. The molecule has 0 aliphatic heterocycles. The van der Waals surface area contributed by atoms with Gasteiger partial charge < -0.3 is 10.4 Å². The van der Waals surface area contributed by atoms with E-state index in [0.29, 0.717) is 19.4 Å². The molecule has 0 rings (SSSR count). The van der Waals surface area contributed by atoms with Crippen molar-refractivity contribution >= 4 is 6.41 Å². The Morgan fingerprint density at radius 2 is 2.09 bits per heavy atom. The van der Waals surface area contributed by atoms with E-state index in [-0.39, 0.29) is 5.41 Å². The smallest absolute Gasteiger partial charge is 0.207 e. The van der Waals surface area contributed by atoms with Crippen molar-refractivity contribution in [2.75, 3.05) is 6.54 Å². The van der Waals surface area contributed by atoms with Crippen LogP contribution in [-0.4, -0.2) is 24.2 Å². The molecule has 0 heterocycles. The zero-order valence-corrected chi connectivity index (χ0v) is 7.42. The standard InChI is InChI=1S/C8H17NO2/c1-8(2,3)4-7(11)5-9-6-10/h6-7,11H,4-5H2,1-3H3,(H,9,10). The lowest BCUT2D eigenvalue weighted by Gasteiger charge is -2.21. The fourth-order valence-corrected chi connectivity index (χ4v) is 0.963. The lowest BCUT2D eigenvalue weighted by Crippen LogP contribution is -2.29. The molecule has 11 heavy (non-hydrogen) atoms. The summed E-state index contributed by atoms with van der Waals surface area (Å²) < 4.78 is 0. The van der Waals surface area contributed by atoms with Crippen LogP contribution in [0.15, 0.2) is 0 Å². The van der Waals surface area contributed by atoms with E-state index in [1.54, 1.807) is 0 Å². The highest BCUT2D eigenvalue weighted by Gasteiger charge is 2.15. The van der Waals surface area contributed by atoms with Gasteiger partial charge in [-0.25, -0.2) is 0 Å². The number of nitrogens with one attached hydrogen (secondary N) is 1. The quantitative estimate of drug-likeness (QED) is 0.588. The number of amides is 1. The van der Waals surface area contributed by atoms with Gasteiger partial charge in [0.1, 0.15) is 0 Å². The van der Waals surface area contributed by atoms with Gasteiger partial charge in [0.05, 0.1) is 6.10 Å². The van der Waals surface area contributed by atoms with Gasteiger partial charge in [-0.1, -0.05) is 20.8 Å². The molecule has 0 aromatic carbocycles. The maximum absolute atomic E-state index is 9.85. The van der Waals surface area contributed by atoms with E-state index in [4.69, 9.17) is 0 Å². The van der Waals surface area contributed by atoms with E-state index < -0.39 is 6.10 Å². The van der Waals surface area contributed by atoms with Crippen molar-refractivity contribution in [3.05, 3.63) is 0 Å². The van der Waals surface area contributed by atoms with Crippen LogP contribution in [0.3, 0.4) is 0 Å². The van der Waals surface area contributed by atoms with Crippen LogP contribution in [0.4, 0.5) is 0 Å². The van der Waals surface area contributed by atoms with Gasteiger partial charge in [-0.3, -0.25) is 4.79 Å². The third kappa shape index (κ3) is 7.33. The molecule has 0 aromatic rings. The maximum Gasteiger partial charge on any atom is 0.207 e. The number of rotatable bonds is 4. The first-order valence-electron chi connectivity index (χ1n) is 3.81. The van der Waals surface area contributed by atoms with Crippen molar-refractivity contribution in [3.63, 3.8) is 0 Å². The minimum atomic E-state index is -0.430. The van der Waals surface area contributed by atoms with Crippen LogP contribution in [0.5, 0.6) is 0 Å². The van der Waals surface area contributed by atoms with Gasteiger partial charge in [0.2, 0.25) is 6.41 Å². The van der Waals surface area contributed by atoms with Gasteiger partial charge in [0.25, 0.3) is 0 Å². The Balaban J connectivity index is 3.51. The third-order valence-corrected chi connectivity index (χ3v) is 1.28. The fraction of sp³-hybridized carbons (Fsp3) is 0.875. The Hall–Kier alpha value is -0.570. The van der Waals surface area contributed by atoms with Crippen LogP contribution < -0.4 is 5.32 Å². The minimum absolute atomic E-state index is 0.115. The predicted molar refractivity (Wildman–Crippen MR) is 44.1 cm³/mol. The van der Waals surface area contributed by atoms with E-state index in [0.717, 1.165) is 0 Å². The summed E-state index contributed by atoms with van der Waals surface area (Å²) in [5, 5.41) is 11.7. The molecule has 0 bridgehead atoms. The highest BCUT2D eigenvalue weighted by Crippen LogP contribution is 2.20. The molecule has 2 N–H and O–H groups in total. The molecule has 0 saturated heterocycles. The van der Waals surface area contributed by atoms with Gasteiger partial charge in [0, 0.05) is 6.54 Å². The summed E-state index contributed by atoms with van der Waals surface area (Å²) in [5.41, 5.74) is 0.115. The van der Waals surface area contributed by atoms with Crippen molar-refractivity contribution in [1.29, 1.82) is 0 Å². The maximum atomic E-state index is 9.85. The molecule has 1 atom stereocenters. The summed E-state index contributed by atoms with van der Waals surface area (Å²) in [4.78, 5) is 9.85. The van der Waals surface area contributed by atoms with Crippen molar-refractivity contribution in [2.24, 2.45) is 5.41 Å². The molecule has 1 unspecified atom stereocenters. The first-order chi connectivity index (χ1) is 4.95. The molecule has 3 heteroatoms. The van der Waals surface area contributed by atoms with E-state index in [1.807, 2.05) is 0 Å². The van der Waals surface area contributed by atoms with Crippen LogP contribution in [0.25, 0.3) is 0 Å². The summed E-state index contributed by atoms with van der Waals surface area (Å²) in [5.74, 6) is 0. The minimum Gasteiger partial charge on any atom is -0.391 e. The lowest BCUT2D eigenvalue weighted by molar-refractivity contribution is -0.110. The van der Waals surface area contributed by atoms with Crippen LogP contribution in [0.2, 0.25) is 0 Å². The van der Waals surface area contributed by atoms with Gasteiger partial charge in [-0.15, -0.1) is 0 Å². The normalized spacial score (nSPS) is 14.2.